The van der Waals surface area contributed by atoms with E-state index < -0.39 is 0 Å². The molecule has 0 bridgehead atoms. The summed E-state index contributed by atoms with van der Waals surface area (Å²) in [5, 5.41) is 12.8. The smallest absolute Gasteiger partial charge is 0.299 e. The summed E-state index contributed by atoms with van der Waals surface area (Å²) in [7, 11) is 1.68. The maximum absolute atomic E-state index is 5.68. The van der Waals surface area contributed by atoms with E-state index in [0.717, 1.165) is 23.7 Å². The third-order valence-electron chi connectivity index (χ3n) is 2.74. The predicted octanol–water partition coefficient (Wildman–Crippen LogP) is 2.63. The number of aromatic nitrogens is 2. The Balaban J connectivity index is 1.85. The van der Waals surface area contributed by atoms with Gasteiger partial charge >= 0.3 is 0 Å². The molecule has 0 radical (unpaired) electrons. The van der Waals surface area contributed by atoms with Gasteiger partial charge in [-0.3, -0.25) is 0 Å². The zero-order valence-electron chi connectivity index (χ0n) is 11.8. The van der Waals surface area contributed by atoms with Crippen molar-refractivity contribution in [2.45, 2.75) is 19.9 Å². The lowest BCUT2D eigenvalue weighted by molar-refractivity contribution is 0.199. The molecule has 0 saturated carbocycles. The molecule has 0 unspecified atom stereocenters. The standard InChI is InChI=1S/C14H19N3O2S/c1-3-11-4-6-12(7-5-11)19-14-17-16-13(20-14)10-15-8-9-18-2/h4-7,15H,3,8-10H2,1-2H3. The van der Waals surface area contributed by atoms with Crippen molar-refractivity contribution in [3.8, 4) is 10.9 Å². The molecule has 0 aliphatic rings. The number of aryl methyl sites for hydroxylation is 1. The molecule has 1 heterocycles. The van der Waals surface area contributed by atoms with Gasteiger partial charge < -0.3 is 14.8 Å². The summed E-state index contributed by atoms with van der Waals surface area (Å²) >= 11 is 1.45. The first-order valence-corrected chi connectivity index (χ1v) is 7.42. The van der Waals surface area contributed by atoms with Crippen molar-refractivity contribution in [1.82, 2.24) is 15.5 Å². The fraction of sp³-hybridized carbons (Fsp3) is 0.429. The van der Waals surface area contributed by atoms with Gasteiger partial charge in [-0.1, -0.05) is 35.5 Å². The molecule has 1 aromatic carbocycles. The molecule has 20 heavy (non-hydrogen) atoms. The van der Waals surface area contributed by atoms with E-state index in [9.17, 15) is 0 Å². The molecule has 1 aromatic heterocycles. The van der Waals surface area contributed by atoms with Crippen LogP contribution in [0, 0.1) is 0 Å². The predicted molar refractivity (Wildman–Crippen MR) is 79.4 cm³/mol. The quantitative estimate of drug-likeness (QED) is 0.758. The van der Waals surface area contributed by atoms with Crippen LogP contribution in [0.1, 0.15) is 17.5 Å². The molecule has 2 aromatic rings. The first-order valence-electron chi connectivity index (χ1n) is 6.60. The van der Waals surface area contributed by atoms with E-state index in [1.54, 1.807) is 7.11 Å². The summed E-state index contributed by atoms with van der Waals surface area (Å²) in [4.78, 5) is 0. The van der Waals surface area contributed by atoms with Crippen molar-refractivity contribution < 1.29 is 9.47 Å². The number of methoxy groups -OCH3 is 1. The fourth-order valence-electron chi connectivity index (χ4n) is 1.61. The summed E-state index contributed by atoms with van der Waals surface area (Å²) < 4.78 is 10.6. The highest BCUT2D eigenvalue weighted by Gasteiger charge is 2.06. The molecular formula is C14H19N3O2S. The number of nitrogens with one attached hydrogen (secondary N) is 1. The number of nitrogens with zero attached hydrogens (tertiary/aromatic N) is 2. The van der Waals surface area contributed by atoms with E-state index in [-0.39, 0.29) is 0 Å². The van der Waals surface area contributed by atoms with Crippen molar-refractivity contribution in [1.29, 1.82) is 0 Å². The van der Waals surface area contributed by atoms with Gasteiger partial charge in [-0.05, 0) is 24.1 Å². The van der Waals surface area contributed by atoms with Crippen LogP contribution in [0.3, 0.4) is 0 Å². The highest BCUT2D eigenvalue weighted by molar-refractivity contribution is 7.13. The lowest BCUT2D eigenvalue weighted by Gasteiger charge is -2.02. The van der Waals surface area contributed by atoms with E-state index in [1.807, 2.05) is 12.1 Å². The second kappa shape index (κ2) is 7.94. The molecule has 5 nitrogen and oxygen atoms in total. The zero-order chi connectivity index (χ0) is 14.2. The number of rotatable bonds is 8. The second-order valence-corrected chi connectivity index (χ2v) is 5.26. The van der Waals surface area contributed by atoms with Crippen molar-refractivity contribution in [3.05, 3.63) is 34.8 Å². The SMILES string of the molecule is CCc1ccc(Oc2nnc(CNCCOC)s2)cc1. The topological polar surface area (TPSA) is 56.3 Å². The van der Waals surface area contributed by atoms with Crippen LogP contribution in [0.5, 0.6) is 10.9 Å². The van der Waals surface area contributed by atoms with Gasteiger partial charge in [-0.2, -0.15) is 0 Å². The zero-order valence-corrected chi connectivity index (χ0v) is 12.6. The molecule has 0 atom stereocenters. The lowest BCUT2D eigenvalue weighted by atomic mass is 10.2. The number of ether oxygens (including phenoxy) is 2. The Morgan fingerprint density at radius 1 is 1.20 bits per heavy atom. The average molecular weight is 293 g/mol. The van der Waals surface area contributed by atoms with Crippen LogP contribution in [0.4, 0.5) is 0 Å². The van der Waals surface area contributed by atoms with Crippen LogP contribution in [0.2, 0.25) is 0 Å². The minimum atomic E-state index is 0.567. The Hall–Kier alpha value is -1.50. The number of hydrogen-bond acceptors (Lipinski definition) is 6. The van der Waals surface area contributed by atoms with Gasteiger partial charge in [-0.25, -0.2) is 0 Å². The van der Waals surface area contributed by atoms with Crippen LogP contribution >= 0.6 is 11.3 Å². The Labute approximate surface area is 123 Å². The summed E-state index contributed by atoms with van der Waals surface area (Å²) in [6.45, 7) is 4.29. The first-order chi connectivity index (χ1) is 9.81. The molecule has 0 saturated heterocycles. The van der Waals surface area contributed by atoms with E-state index >= 15 is 0 Å². The van der Waals surface area contributed by atoms with Gasteiger partial charge in [0.15, 0.2) is 0 Å². The molecule has 0 spiro atoms. The molecule has 2 rings (SSSR count). The summed E-state index contributed by atoms with van der Waals surface area (Å²) in [5.41, 5.74) is 1.29. The Bertz CT molecular complexity index is 513. The van der Waals surface area contributed by atoms with Gasteiger partial charge in [0.2, 0.25) is 0 Å². The van der Waals surface area contributed by atoms with Crippen LogP contribution in [0.25, 0.3) is 0 Å². The van der Waals surface area contributed by atoms with Crippen molar-refractivity contribution >= 4 is 11.3 Å². The van der Waals surface area contributed by atoms with Gasteiger partial charge in [0.25, 0.3) is 5.19 Å². The van der Waals surface area contributed by atoms with Crippen LogP contribution in [0.15, 0.2) is 24.3 Å². The molecule has 0 aliphatic carbocycles. The van der Waals surface area contributed by atoms with Crippen molar-refractivity contribution in [3.63, 3.8) is 0 Å². The molecule has 108 valence electrons. The maximum Gasteiger partial charge on any atom is 0.299 e. The molecule has 1 N–H and O–H groups in total. The molecule has 0 aliphatic heterocycles. The Morgan fingerprint density at radius 2 is 2.00 bits per heavy atom. The average Bonchev–Trinajstić information content (AvgIpc) is 2.92. The van der Waals surface area contributed by atoms with Gasteiger partial charge in [-0.15, -0.1) is 5.10 Å². The highest BCUT2D eigenvalue weighted by atomic mass is 32.1. The van der Waals surface area contributed by atoms with Crippen molar-refractivity contribution in [2.75, 3.05) is 20.3 Å². The Kier molecular flexibility index (Phi) is 5.91. The third kappa shape index (κ3) is 4.56. The highest BCUT2D eigenvalue weighted by Crippen LogP contribution is 2.25. The van der Waals surface area contributed by atoms with Gasteiger partial charge in [0, 0.05) is 20.2 Å². The fourth-order valence-corrected chi connectivity index (χ4v) is 2.29. The van der Waals surface area contributed by atoms with Gasteiger partial charge in [0.1, 0.15) is 10.8 Å². The van der Waals surface area contributed by atoms with Crippen molar-refractivity contribution in [2.24, 2.45) is 0 Å². The van der Waals surface area contributed by atoms with E-state index in [4.69, 9.17) is 9.47 Å². The number of hydrogen-bond donors (Lipinski definition) is 1. The van der Waals surface area contributed by atoms with Crippen LogP contribution in [-0.4, -0.2) is 30.5 Å². The molecule has 6 heteroatoms. The first kappa shape index (κ1) is 14.9. The van der Waals surface area contributed by atoms with E-state index in [0.29, 0.717) is 18.3 Å². The Morgan fingerprint density at radius 3 is 2.70 bits per heavy atom. The normalized spacial score (nSPS) is 10.7. The number of benzene rings is 1. The third-order valence-corrected chi connectivity index (χ3v) is 3.55. The summed E-state index contributed by atoms with van der Waals surface area (Å²) in [5.74, 6) is 0.789. The largest absolute Gasteiger partial charge is 0.430 e. The van der Waals surface area contributed by atoms with E-state index in [1.165, 1.54) is 16.9 Å². The minimum absolute atomic E-state index is 0.567. The molecule has 0 fully saturated rings. The van der Waals surface area contributed by atoms with E-state index in [2.05, 4.69) is 34.6 Å². The van der Waals surface area contributed by atoms with Gasteiger partial charge in [0.05, 0.1) is 6.61 Å². The summed E-state index contributed by atoms with van der Waals surface area (Å²) in [6.07, 6.45) is 1.02. The van der Waals surface area contributed by atoms with Crippen LogP contribution in [-0.2, 0) is 17.7 Å². The molecular weight excluding hydrogens is 274 g/mol. The monoisotopic (exact) mass is 293 g/mol. The minimum Gasteiger partial charge on any atom is -0.430 e. The second-order valence-electron chi connectivity index (χ2n) is 4.23. The summed E-state index contributed by atoms with van der Waals surface area (Å²) in [6, 6.07) is 8.03. The van der Waals surface area contributed by atoms with Crippen LogP contribution < -0.4 is 10.1 Å². The molecule has 0 amide bonds. The maximum atomic E-state index is 5.68. The lowest BCUT2D eigenvalue weighted by Crippen LogP contribution is -2.18.